The van der Waals surface area contributed by atoms with Crippen LogP contribution in [0.2, 0.25) is 0 Å². The van der Waals surface area contributed by atoms with Crippen molar-refractivity contribution in [3.05, 3.63) is 6.92 Å². The van der Waals surface area contributed by atoms with Crippen LogP contribution in [0, 0.1) is 12.8 Å². The third-order valence-electron chi connectivity index (χ3n) is 2.26. The van der Waals surface area contributed by atoms with E-state index in [1.54, 1.807) is 0 Å². The molecule has 0 aromatic rings. The third-order valence-corrected chi connectivity index (χ3v) is 2.26. The molecule has 0 aliphatic carbocycles. The van der Waals surface area contributed by atoms with Gasteiger partial charge in [0.25, 0.3) is 0 Å². The Kier molecular flexibility index (Phi) is 15.0. The number of rotatable bonds is 7. The summed E-state index contributed by atoms with van der Waals surface area (Å²) in [5.74, 6) is 0.992. The normalized spacial score (nSPS) is 10.0. The monoisotopic (exact) mass is 180 g/mol. The van der Waals surface area contributed by atoms with Gasteiger partial charge in [0, 0.05) is 0 Å². The first-order valence-electron chi connectivity index (χ1n) is 5.14. The van der Waals surface area contributed by atoms with Crippen LogP contribution in [0.1, 0.15) is 60.2 Å². The van der Waals surface area contributed by atoms with Crippen LogP contribution in [0.4, 0.5) is 0 Å². The van der Waals surface area contributed by atoms with Crippen molar-refractivity contribution in [3.8, 4) is 0 Å². The average molecular weight is 181 g/mol. The molecule has 70 valence electrons. The van der Waals surface area contributed by atoms with Gasteiger partial charge >= 0.3 is 23.1 Å². The van der Waals surface area contributed by atoms with Crippen molar-refractivity contribution in [2.75, 3.05) is 0 Å². The molecule has 0 amide bonds. The van der Waals surface area contributed by atoms with E-state index in [9.17, 15) is 0 Å². The SMILES string of the molecule is [CH2-]CCCC(CCC)CCC.[H-].[Mg+2]. The summed E-state index contributed by atoms with van der Waals surface area (Å²) in [5.41, 5.74) is 0. The molecule has 0 aliphatic rings. The fourth-order valence-corrected chi connectivity index (χ4v) is 1.68. The van der Waals surface area contributed by atoms with E-state index in [1.165, 1.54) is 38.5 Å². The van der Waals surface area contributed by atoms with Crippen LogP contribution < -0.4 is 0 Å². The van der Waals surface area contributed by atoms with E-state index in [2.05, 4.69) is 20.8 Å². The minimum Gasteiger partial charge on any atom is -1.00 e. The summed E-state index contributed by atoms with van der Waals surface area (Å²) in [6.45, 7) is 8.45. The molecule has 0 saturated carbocycles. The van der Waals surface area contributed by atoms with E-state index < -0.39 is 0 Å². The zero-order valence-corrected chi connectivity index (χ0v) is 10.4. The van der Waals surface area contributed by atoms with Gasteiger partial charge in [-0.15, -0.1) is 0 Å². The predicted octanol–water partition coefficient (Wildman–Crippen LogP) is 3.94. The standard InChI is InChI=1S/C11H23.Mg.H/c1-4-7-10-11(8-5-2)9-6-3;;/h11H,1,4-10H2,2-3H3;;/q-1;+2;-1. The van der Waals surface area contributed by atoms with Gasteiger partial charge in [-0.1, -0.05) is 52.4 Å². The fourth-order valence-electron chi connectivity index (χ4n) is 1.68. The molecule has 0 unspecified atom stereocenters. The van der Waals surface area contributed by atoms with E-state index in [0.29, 0.717) is 0 Å². The molecular weight excluding hydrogens is 156 g/mol. The Morgan fingerprint density at radius 2 is 1.58 bits per heavy atom. The molecule has 0 heterocycles. The van der Waals surface area contributed by atoms with E-state index in [1.807, 2.05) is 0 Å². The molecule has 0 spiro atoms. The van der Waals surface area contributed by atoms with E-state index in [-0.39, 0.29) is 24.5 Å². The molecule has 0 bridgehead atoms. The molecule has 0 aromatic carbocycles. The fraction of sp³-hybridized carbons (Fsp3) is 0.909. The van der Waals surface area contributed by atoms with Gasteiger partial charge in [0.05, 0.1) is 0 Å². The Labute approximate surface area is 96.1 Å². The Bertz CT molecular complexity index is 70.5. The van der Waals surface area contributed by atoms with Crippen LogP contribution in [0.5, 0.6) is 0 Å². The zero-order valence-electron chi connectivity index (χ0n) is 9.94. The first kappa shape index (κ1) is 15.2. The van der Waals surface area contributed by atoms with Gasteiger partial charge in [0.2, 0.25) is 0 Å². The number of hydrogen-bond donors (Lipinski definition) is 0. The second-order valence-electron chi connectivity index (χ2n) is 3.44. The van der Waals surface area contributed by atoms with Crippen LogP contribution in [-0.2, 0) is 0 Å². The molecule has 0 rings (SSSR count). The van der Waals surface area contributed by atoms with E-state index in [4.69, 9.17) is 0 Å². The Morgan fingerprint density at radius 3 is 1.92 bits per heavy atom. The van der Waals surface area contributed by atoms with Crippen molar-refractivity contribution in [3.63, 3.8) is 0 Å². The summed E-state index contributed by atoms with van der Waals surface area (Å²) in [4.78, 5) is 0. The quantitative estimate of drug-likeness (QED) is 0.411. The van der Waals surface area contributed by atoms with Gasteiger partial charge in [-0.2, -0.15) is 6.42 Å². The minimum absolute atomic E-state index is 0. The molecule has 12 heavy (non-hydrogen) atoms. The topological polar surface area (TPSA) is 0 Å². The van der Waals surface area contributed by atoms with Crippen LogP contribution in [0.15, 0.2) is 0 Å². The van der Waals surface area contributed by atoms with E-state index >= 15 is 0 Å². The zero-order chi connectivity index (χ0) is 8.53. The predicted molar refractivity (Wildman–Crippen MR) is 59.4 cm³/mol. The molecule has 0 radical (unpaired) electrons. The molecule has 1 heteroatoms. The van der Waals surface area contributed by atoms with Crippen molar-refractivity contribution in [2.24, 2.45) is 5.92 Å². The smallest absolute Gasteiger partial charge is 1.00 e. The molecule has 0 N–H and O–H groups in total. The summed E-state index contributed by atoms with van der Waals surface area (Å²) < 4.78 is 0. The summed E-state index contributed by atoms with van der Waals surface area (Å²) in [6, 6.07) is 0. The average Bonchev–Trinajstić information content (AvgIpc) is 2.01. The number of hydrogen-bond acceptors (Lipinski definition) is 0. The van der Waals surface area contributed by atoms with Crippen molar-refractivity contribution >= 4 is 23.1 Å². The van der Waals surface area contributed by atoms with Crippen LogP contribution in [0.25, 0.3) is 0 Å². The van der Waals surface area contributed by atoms with Crippen molar-refractivity contribution in [2.45, 2.75) is 58.8 Å². The second kappa shape index (κ2) is 11.8. The molecule has 0 nitrogen and oxygen atoms in total. The maximum absolute atomic E-state index is 3.88. The van der Waals surface area contributed by atoms with Gasteiger partial charge in [-0.25, -0.2) is 0 Å². The third kappa shape index (κ3) is 8.86. The summed E-state index contributed by atoms with van der Waals surface area (Å²) in [5, 5.41) is 0. The van der Waals surface area contributed by atoms with Gasteiger partial charge in [0.15, 0.2) is 0 Å². The van der Waals surface area contributed by atoms with Crippen molar-refractivity contribution in [1.82, 2.24) is 0 Å². The van der Waals surface area contributed by atoms with Crippen LogP contribution in [-0.4, -0.2) is 23.1 Å². The molecule has 0 atom stereocenters. The van der Waals surface area contributed by atoms with Crippen LogP contribution >= 0.6 is 0 Å². The maximum atomic E-state index is 3.88. The Morgan fingerprint density at radius 1 is 1.08 bits per heavy atom. The van der Waals surface area contributed by atoms with Crippen LogP contribution in [0.3, 0.4) is 0 Å². The van der Waals surface area contributed by atoms with Crippen molar-refractivity contribution in [1.29, 1.82) is 0 Å². The van der Waals surface area contributed by atoms with Gasteiger partial charge < -0.3 is 8.35 Å². The Balaban J connectivity index is -0.000000500. The van der Waals surface area contributed by atoms with Gasteiger partial charge in [-0.3, -0.25) is 0 Å². The first-order valence-corrected chi connectivity index (χ1v) is 5.14. The first-order chi connectivity index (χ1) is 5.35. The summed E-state index contributed by atoms with van der Waals surface area (Å²) >= 11 is 0. The number of unbranched alkanes of at least 4 members (excludes halogenated alkanes) is 1. The van der Waals surface area contributed by atoms with Gasteiger partial charge in [0.1, 0.15) is 0 Å². The minimum atomic E-state index is 0. The van der Waals surface area contributed by atoms with Crippen molar-refractivity contribution < 1.29 is 1.43 Å². The molecule has 0 aliphatic heterocycles. The van der Waals surface area contributed by atoms with E-state index in [0.717, 1.165) is 12.3 Å². The second-order valence-corrected chi connectivity index (χ2v) is 3.44. The molecule has 0 aromatic heterocycles. The summed E-state index contributed by atoms with van der Waals surface area (Å²) in [7, 11) is 0. The molecular formula is C11H24Mg. The maximum Gasteiger partial charge on any atom is 2.00 e. The largest absolute Gasteiger partial charge is 2.00 e. The molecule has 0 saturated heterocycles. The molecule has 0 fully saturated rings. The summed E-state index contributed by atoms with van der Waals surface area (Å²) in [6.07, 6.45) is 9.39. The Hall–Kier alpha value is 0.766. The van der Waals surface area contributed by atoms with Gasteiger partial charge in [-0.05, 0) is 5.92 Å².